The predicted molar refractivity (Wildman–Crippen MR) is 111 cm³/mol. The molecule has 1 saturated heterocycles. The Balaban J connectivity index is 1.54. The van der Waals surface area contributed by atoms with E-state index in [0.717, 1.165) is 44.0 Å². The fraction of sp³-hybridized carbons (Fsp3) is 0.364. The normalized spacial score (nSPS) is 15.6. The third-order valence-electron chi connectivity index (χ3n) is 5.02. The molecule has 2 N–H and O–H groups in total. The summed E-state index contributed by atoms with van der Waals surface area (Å²) in [6, 6.07) is 12.6. The van der Waals surface area contributed by atoms with E-state index in [0.29, 0.717) is 16.3 Å². The second kappa shape index (κ2) is 9.87. The van der Waals surface area contributed by atoms with Gasteiger partial charge in [-0.3, -0.25) is 4.79 Å². The molecule has 6 nitrogen and oxygen atoms in total. The number of esters is 1. The van der Waals surface area contributed by atoms with Crippen molar-refractivity contribution in [3.05, 3.63) is 64.2 Å². The minimum absolute atomic E-state index is 0.406. The lowest BCUT2D eigenvalue weighted by Crippen LogP contribution is -3.12. The van der Waals surface area contributed by atoms with Gasteiger partial charge in [-0.05, 0) is 43.7 Å². The van der Waals surface area contributed by atoms with Gasteiger partial charge >= 0.3 is 5.97 Å². The van der Waals surface area contributed by atoms with Crippen LogP contribution in [-0.4, -0.2) is 44.3 Å². The third kappa shape index (κ3) is 5.79. The van der Waals surface area contributed by atoms with E-state index in [4.69, 9.17) is 21.1 Å². The molecule has 0 radical (unpaired) electrons. The first-order valence-corrected chi connectivity index (χ1v) is 10.1. The molecule has 1 fully saturated rings. The minimum atomic E-state index is -0.932. The zero-order valence-electron chi connectivity index (χ0n) is 16.7. The summed E-state index contributed by atoms with van der Waals surface area (Å²) in [5.74, 6) is -0.933. The molecule has 1 aliphatic rings. The molecular formula is C22H26ClN2O4+. The fourth-order valence-electron chi connectivity index (χ4n) is 3.14. The largest absolute Gasteiger partial charge is 0.449 e. The number of halogens is 1. The smallest absolute Gasteiger partial charge is 0.338 e. The summed E-state index contributed by atoms with van der Waals surface area (Å²) in [7, 11) is 0. The molecule has 1 atom stereocenters. The van der Waals surface area contributed by atoms with Crippen LogP contribution in [0.4, 0.5) is 5.69 Å². The van der Waals surface area contributed by atoms with Crippen molar-refractivity contribution in [1.29, 1.82) is 0 Å². The van der Waals surface area contributed by atoms with Crippen LogP contribution in [0, 0.1) is 6.92 Å². The van der Waals surface area contributed by atoms with Gasteiger partial charge in [-0.1, -0.05) is 29.8 Å². The monoisotopic (exact) mass is 417 g/mol. The number of carbonyl (C=O) groups is 2. The van der Waals surface area contributed by atoms with Crippen LogP contribution >= 0.6 is 11.6 Å². The van der Waals surface area contributed by atoms with Crippen molar-refractivity contribution in [3.8, 4) is 0 Å². The quantitative estimate of drug-likeness (QED) is 0.707. The summed E-state index contributed by atoms with van der Waals surface area (Å²) < 4.78 is 10.7. The predicted octanol–water partition coefficient (Wildman–Crippen LogP) is 2.25. The zero-order valence-corrected chi connectivity index (χ0v) is 17.4. The van der Waals surface area contributed by atoms with Crippen molar-refractivity contribution < 1.29 is 24.0 Å². The average molecular weight is 418 g/mol. The molecule has 0 aliphatic carbocycles. The van der Waals surface area contributed by atoms with E-state index in [-0.39, 0.29) is 0 Å². The van der Waals surface area contributed by atoms with Gasteiger partial charge in [0.2, 0.25) is 0 Å². The minimum Gasteiger partial charge on any atom is -0.449 e. The van der Waals surface area contributed by atoms with Gasteiger partial charge in [0.05, 0.1) is 18.8 Å². The number of ether oxygens (including phenoxy) is 2. The lowest BCUT2D eigenvalue weighted by atomic mass is 10.1. The zero-order chi connectivity index (χ0) is 20.8. The molecule has 0 saturated carbocycles. The highest BCUT2D eigenvalue weighted by atomic mass is 35.5. The van der Waals surface area contributed by atoms with Crippen molar-refractivity contribution in [1.82, 2.24) is 0 Å². The van der Waals surface area contributed by atoms with Gasteiger partial charge in [-0.2, -0.15) is 0 Å². The molecule has 0 unspecified atom stereocenters. The van der Waals surface area contributed by atoms with Crippen molar-refractivity contribution in [2.45, 2.75) is 26.5 Å². The number of rotatable bonds is 6. The average Bonchev–Trinajstić information content (AvgIpc) is 2.72. The highest BCUT2D eigenvalue weighted by Gasteiger charge is 2.20. The second-order valence-corrected chi connectivity index (χ2v) is 7.59. The van der Waals surface area contributed by atoms with E-state index < -0.39 is 18.0 Å². The van der Waals surface area contributed by atoms with Crippen LogP contribution in [0.3, 0.4) is 0 Å². The summed E-state index contributed by atoms with van der Waals surface area (Å²) in [6.07, 6.45) is -0.932. The highest BCUT2D eigenvalue weighted by molar-refractivity contribution is 6.31. The van der Waals surface area contributed by atoms with E-state index >= 15 is 0 Å². The van der Waals surface area contributed by atoms with Crippen LogP contribution in [0.1, 0.15) is 28.4 Å². The van der Waals surface area contributed by atoms with Crippen molar-refractivity contribution in [2.75, 3.05) is 31.6 Å². The Labute approximate surface area is 175 Å². The van der Waals surface area contributed by atoms with Crippen LogP contribution in [0.2, 0.25) is 5.02 Å². The summed E-state index contributed by atoms with van der Waals surface area (Å²) in [4.78, 5) is 26.2. The van der Waals surface area contributed by atoms with E-state index in [1.807, 2.05) is 19.1 Å². The molecule has 1 amide bonds. The standard InChI is InChI=1S/C22H25ClN2O4/c1-15-19(23)4-3-5-20(15)24-21(26)16(2)29-22(27)18-8-6-17(7-9-18)14-25-10-12-28-13-11-25/h3-9,16H,10-14H2,1-2H3,(H,24,26)/p+1/t16-/m0/s1. The Morgan fingerprint density at radius 3 is 2.55 bits per heavy atom. The van der Waals surface area contributed by atoms with Gasteiger partial charge in [-0.15, -0.1) is 0 Å². The molecule has 154 valence electrons. The van der Waals surface area contributed by atoms with Gasteiger partial charge < -0.3 is 19.7 Å². The molecule has 29 heavy (non-hydrogen) atoms. The number of benzene rings is 2. The van der Waals surface area contributed by atoms with Crippen LogP contribution in [-0.2, 0) is 20.8 Å². The van der Waals surface area contributed by atoms with E-state index in [9.17, 15) is 9.59 Å². The van der Waals surface area contributed by atoms with Gasteiger partial charge in [0.15, 0.2) is 6.10 Å². The Morgan fingerprint density at radius 2 is 1.86 bits per heavy atom. The van der Waals surface area contributed by atoms with E-state index in [1.165, 1.54) is 4.90 Å². The number of morpholine rings is 1. The molecule has 0 spiro atoms. The van der Waals surface area contributed by atoms with Crippen molar-refractivity contribution >= 4 is 29.2 Å². The summed E-state index contributed by atoms with van der Waals surface area (Å²) in [6.45, 7) is 7.81. The maximum absolute atomic E-state index is 12.4. The number of anilines is 1. The Morgan fingerprint density at radius 1 is 1.17 bits per heavy atom. The first-order valence-electron chi connectivity index (χ1n) is 9.71. The second-order valence-electron chi connectivity index (χ2n) is 7.19. The van der Waals surface area contributed by atoms with Crippen LogP contribution in [0.5, 0.6) is 0 Å². The van der Waals surface area contributed by atoms with E-state index in [1.54, 1.807) is 37.3 Å². The topological polar surface area (TPSA) is 69.1 Å². The highest BCUT2D eigenvalue weighted by Crippen LogP contribution is 2.23. The Kier molecular flexibility index (Phi) is 7.25. The van der Waals surface area contributed by atoms with Gasteiger partial charge in [-0.25, -0.2) is 4.79 Å². The first-order chi connectivity index (χ1) is 13.9. The lowest BCUT2D eigenvalue weighted by molar-refractivity contribution is -0.921. The first kappa shape index (κ1) is 21.3. The van der Waals surface area contributed by atoms with Gasteiger partial charge in [0.25, 0.3) is 5.91 Å². The summed E-state index contributed by atoms with van der Waals surface area (Å²) in [5, 5.41) is 3.31. The number of amides is 1. The van der Waals surface area contributed by atoms with E-state index in [2.05, 4.69) is 5.32 Å². The van der Waals surface area contributed by atoms with Gasteiger partial charge in [0.1, 0.15) is 19.6 Å². The molecule has 1 heterocycles. The maximum atomic E-state index is 12.4. The van der Waals surface area contributed by atoms with Gasteiger partial charge in [0, 0.05) is 16.3 Å². The molecule has 2 aromatic carbocycles. The number of hydrogen-bond acceptors (Lipinski definition) is 4. The fourth-order valence-corrected chi connectivity index (χ4v) is 3.32. The van der Waals surface area contributed by atoms with Crippen LogP contribution in [0.15, 0.2) is 42.5 Å². The molecule has 2 aromatic rings. The molecule has 0 aromatic heterocycles. The Bertz CT molecular complexity index is 864. The molecule has 1 aliphatic heterocycles. The number of carbonyl (C=O) groups excluding carboxylic acids is 2. The van der Waals surface area contributed by atoms with Crippen LogP contribution in [0.25, 0.3) is 0 Å². The molecule has 0 bridgehead atoms. The lowest BCUT2D eigenvalue weighted by Gasteiger charge is -2.23. The maximum Gasteiger partial charge on any atom is 0.338 e. The SMILES string of the molecule is Cc1c(Cl)cccc1NC(=O)[C@H](C)OC(=O)c1ccc(C[NH+]2CCOCC2)cc1. The summed E-state index contributed by atoms with van der Waals surface area (Å²) >= 11 is 6.07. The molecular weight excluding hydrogens is 392 g/mol. The number of hydrogen-bond donors (Lipinski definition) is 2. The molecule has 7 heteroatoms. The summed E-state index contributed by atoms with van der Waals surface area (Å²) in [5.41, 5.74) is 2.93. The van der Waals surface area contributed by atoms with Crippen LogP contribution < -0.4 is 10.2 Å². The Hall–Kier alpha value is -2.41. The third-order valence-corrected chi connectivity index (χ3v) is 5.43. The number of nitrogens with one attached hydrogen (secondary N) is 2. The van der Waals surface area contributed by atoms with Crippen molar-refractivity contribution in [3.63, 3.8) is 0 Å². The molecule has 3 rings (SSSR count). The van der Waals surface area contributed by atoms with Crippen molar-refractivity contribution in [2.24, 2.45) is 0 Å². The number of quaternary nitrogens is 1.